The molecule has 0 amide bonds. The monoisotopic (exact) mass is 371 g/mol. The molecule has 2 rings (SSSR count). The van der Waals surface area contributed by atoms with E-state index in [4.69, 9.17) is 44.9 Å². The molecule has 0 aliphatic rings. The van der Waals surface area contributed by atoms with Crippen molar-refractivity contribution in [2.24, 2.45) is 0 Å². The van der Waals surface area contributed by atoms with Crippen molar-refractivity contribution in [3.8, 4) is 11.4 Å². The van der Waals surface area contributed by atoms with Gasteiger partial charge in [0.25, 0.3) is 0 Å². The predicted octanol–water partition coefficient (Wildman–Crippen LogP) is 1.72. The zero-order chi connectivity index (χ0) is 18.3. The Kier molecular flexibility index (Phi) is 6.90. The van der Waals surface area contributed by atoms with Crippen LogP contribution in [0.2, 0.25) is 10.0 Å². The topological polar surface area (TPSA) is 165 Å². The fourth-order valence-electron chi connectivity index (χ4n) is 1.34. The molecule has 0 radical (unpaired) electrons. The fourth-order valence-corrected chi connectivity index (χ4v) is 1.72. The molecule has 2 aromatic rings. The van der Waals surface area contributed by atoms with Crippen LogP contribution in [0.1, 0.15) is 0 Å². The van der Waals surface area contributed by atoms with Crippen LogP contribution in [-0.4, -0.2) is 37.1 Å². The number of carboxylic acids is 2. The van der Waals surface area contributed by atoms with E-state index in [9.17, 15) is 9.59 Å². The number of anilines is 2. The molecule has 11 heteroatoms. The number of carbonyl (C=O) groups is 2. The Hall–Kier alpha value is -2.91. The van der Waals surface area contributed by atoms with E-state index in [1.165, 1.54) is 0 Å². The first kappa shape index (κ1) is 19.1. The first-order chi connectivity index (χ1) is 11.2. The zero-order valence-corrected chi connectivity index (χ0v) is 13.4. The highest BCUT2D eigenvalue weighted by molar-refractivity contribution is 6.35. The summed E-state index contributed by atoms with van der Waals surface area (Å²) in [7, 11) is 0. The van der Waals surface area contributed by atoms with Crippen LogP contribution in [0.3, 0.4) is 0 Å². The van der Waals surface area contributed by atoms with E-state index in [0.29, 0.717) is 33.6 Å². The molecule has 0 aliphatic carbocycles. The van der Waals surface area contributed by atoms with Gasteiger partial charge in [-0.3, -0.25) is 0 Å². The number of rotatable bonds is 3. The molecule has 0 bridgehead atoms. The van der Waals surface area contributed by atoms with Crippen LogP contribution in [0.25, 0.3) is 11.4 Å². The highest BCUT2D eigenvalue weighted by atomic mass is 35.5. The minimum Gasteiger partial charge on any atom is -0.478 e. The number of nitrogens with two attached hydrogens (primary N) is 2. The van der Waals surface area contributed by atoms with Gasteiger partial charge in [-0.1, -0.05) is 23.2 Å². The molecule has 0 unspecified atom stereocenters. The van der Waals surface area contributed by atoms with Crippen LogP contribution in [-0.2, 0) is 9.59 Å². The lowest BCUT2D eigenvalue weighted by atomic mass is 10.2. The fraction of sp³-hybridized carbons (Fsp3) is 0. The molecule has 0 saturated carbocycles. The molecule has 1 aromatic heterocycles. The molecular formula is C13H11Cl2N5O4. The molecule has 0 fully saturated rings. The van der Waals surface area contributed by atoms with Gasteiger partial charge in [-0.15, -0.1) is 0 Å². The average Bonchev–Trinajstić information content (AvgIpc) is 2.47. The number of hydrogen-bond acceptors (Lipinski definition) is 7. The van der Waals surface area contributed by atoms with Crippen molar-refractivity contribution in [1.82, 2.24) is 15.0 Å². The first-order valence-corrected chi connectivity index (χ1v) is 6.81. The Morgan fingerprint density at radius 3 is 1.92 bits per heavy atom. The number of nitrogens with zero attached hydrogens (tertiary/aromatic N) is 3. The Morgan fingerprint density at radius 2 is 1.46 bits per heavy atom. The van der Waals surface area contributed by atoms with E-state index in [0.717, 1.165) is 0 Å². The zero-order valence-electron chi connectivity index (χ0n) is 11.8. The van der Waals surface area contributed by atoms with Gasteiger partial charge in [-0.25, -0.2) is 9.59 Å². The van der Waals surface area contributed by atoms with Gasteiger partial charge in [0.15, 0.2) is 5.82 Å². The highest BCUT2D eigenvalue weighted by Crippen LogP contribution is 2.28. The Labute approximate surface area is 145 Å². The van der Waals surface area contributed by atoms with Crippen LogP contribution in [0, 0.1) is 0 Å². The van der Waals surface area contributed by atoms with Crippen LogP contribution < -0.4 is 11.5 Å². The summed E-state index contributed by atoms with van der Waals surface area (Å²) in [5, 5.41) is 16.6. The Balaban J connectivity index is 0.000000307. The molecule has 1 aromatic carbocycles. The summed E-state index contributed by atoms with van der Waals surface area (Å²) in [6.45, 7) is 0. The molecular weight excluding hydrogens is 361 g/mol. The van der Waals surface area contributed by atoms with E-state index >= 15 is 0 Å². The third kappa shape index (κ3) is 6.46. The quantitative estimate of drug-likeness (QED) is 0.587. The van der Waals surface area contributed by atoms with Crippen molar-refractivity contribution >= 4 is 47.0 Å². The maximum absolute atomic E-state index is 9.55. The minimum atomic E-state index is -1.26. The van der Waals surface area contributed by atoms with Gasteiger partial charge < -0.3 is 21.7 Å². The lowest BCUT2D eigenvalue weighted by molar-refractivity contribution is -0.134. The number of aliphatic carboxylic acids is 2. The summed E-state index contributed by atoms with van der Waals surface area (Å²) in [5.74, 6) is -2.13. The normalized spacial score (nSPS) is 10.1. The molecule has 126 valence electrons. The number of aromatic nitrogens is 3. The summed E-state index contributed by atoms with van der Waals surface area (Å²) in [6.07, 6.45) is 1.12. The van der Waals surface area contributed by atoms with E-state index in [-0.39, 0.29) is 11.9 Å². The number of halogens is 2. The van der Waals surface area contributed by atoms with E-state index in [1.54, 1.807) is 18.2 Å². The molecule has 9 nitrogen and oxygen atoms in total. The lowest BCUT2D eigenvalue weighted by Crippen LogP contribution is -2.04. The summed E-state index contributed by atoms with van der Waals surface area (Å²) >= 11 is 11.8. The van der Waals surface area contributed by atoms with Crippen LogP contribution in [0.4, 0.5) is 11.9 Å². The molecule has 0 saturated heterocycles. The minimum absolute atomic E-state index is 0.0403. The molecule has 6 N–H and O–H groups in total. The second kappa shape index (κ2) is 8.65. The van der Waals surface area contributed by atoms with Gasteiger partial charge in [-0.2, -0.15) is 15.0 Å². The van der Waals surface area contributed by atoms with E-state index in [2.05, 4.69) is 15.0 Å². The van der Waals surface area contributed by atoms with E-state index < -0.39 is 11.9 Å². The molecule has 24 heavy (non-hydrogen) atoms. The third-order valence-electron chi connectivity index (χ3n) is 2.21. The largest absolute Gasteiger partial charge is 0.478 e. The van der Waals surface area contributed by atoms with Crippen molar-refractivity contribution in [2.45, 2.75) is 0 Å². The Bertz CT molecular complexity index is 762. The average molecular weight is 372 g/mol. The highest BCUT2D eigenvalue weighted by Gasteiger charge is 2.09. The Morgan fingerprint density at radius 1 is 0.958 bits per heavy atom. The first-order valence-electron chi connectivity index (χ1n) is 6.05. The number of benzene rings is 1. The second-order valence-corrected chi connectivity index (χ2v) is 4.85. The summed E-state index contributed by atoms with van der Waals surface area (Å²) in [4.78, 5) is 30.7. The van der Waals surface area contributed by atoms with Crippen LogP contribution in [0.15, 0.2) is 30.4 Å². The summed E-state index contributed by atoms with van der Waals surface area (Å²) in [5.41, 5.74) is 11.5. The number of nitrogen functional groups attached to an aromatic ring is 2. The SMILES string of the molecule is Nc1nc(N)nc(-c2cc(Cl)ccc2Cl)n1.O=C(O)/C=C\C(=O)O. The summed E-state index contributed by atoms with van der Waals surface area (Å²) < 4.78 is 0. The van der Waals surface area contributed by atoms with Gasteiger partial charge in [-0.05, 0) is 18.2 Å². The van der Waals surface area contributed by atoms with Crippen molar-refractivity contribution in [1.29, 1.82) is 0 Å². The van der Waals surface area contributed by atoms with Crippen molar-refractivity contribution in [2.75, 3.05) is 11.5 Å². The number of hydrogen-bond donors (Lipinski definition) is 4. The molecule has 0 spiro atoms. The van der Waals surface area contributed by atoms with Crippen molar-refractivity contribution in [3.63, 3.8) is 0 Å². The number of carboxylic acid groups (broad SMARTS) is 2. The van der Waals surface area contributed by atoms with Crippen LogP contribution >= 0.6 is 23.2 Å². The second-order valence-electron chi connectivity index (χ2n) is 4.01. The van der Waals surface area contributed by atoms with Gasteiger partial charge in [0.1, 0.15) is 0 Å². The smallest absolute Gasteiger partial charge is 0.328 e. The summed E-state index contributed by atoms with van der Waals surface area (Å²) in [6, 6.07) is 4.95. The van der Waals surface area contributed by atoms with Gasteiger partial charge in [0.05, 0.1) is 5.02 Å². The standard InChI is InChI=1S/C9H7Cl2N5.C4H4O4/c10-4-1-2-6(11)5(3-4)7-14-8(12)16-9(13)15-7;5-3(6)1-2-4(7)8/h1-3H,(H4,12,13,14,15,16);1-2H,(H,5,6)(H,7,8)/b;2-1-. The van der Waals surface area contributed by atoms with E-state index in [1.807, 2.05) is 0 Å². The maximum Gasteiger partial charge on any atom is 0.328 e. The van der Waals surface area contributed by atoms with Gasteiger partial charge in [0, 0.05) is 22.7 Å². The van der Waals surface area contributed by atoms with Crippen molar-refractivity contribution < 1.29 is 19.8 Å². The molecule has 0 atom stereocenters. The van der Waals surface area contributed by atoms with Gasteiger partial charge >= 0.3 is 11.9 Å². The van der Waals surface area contributed by atoms with Crippen molar-refractivity contribution in [3.05, 3.63) is 40.4 Å². The lowest BCUT2D eigenvalue weighted by Gasteiger charge is -2.04. The third-order valence-corrected chi connectivity index (χ3v) is 2.77. The van der Waals surface area contributed by atoms with Gasteiger partial charge in [0.2, 0.25) is 11.9 Å². The maximum atomic E-state index is 9.55. The van der Waals surface area contributed by atoms with Crippen LogP contribution in [0.5, 0.6) is 0 Å². The molecule has 1 heterocycles. The predicted molar refractivity (Wildman–Crippen MR) is 88.5 cm³/mol. The molecule has 0 aliphatic heterocycles.